The van der Waals surface area contributed by atoms with E-state index in [0.717, 1.165) is 22.1 Å². The van der Waals surface area contributed by atoms with E-state index in [1.807, 2.05) is 0 Å². The van der Waals surface area contributed by atoms with E-state index in [-0.39, 0.29) is 5.97 Å². The zero-order valence-corrected chi connectivity index (χ0v) is 14.2. The van der Waals surface area contributed by atoms with Gasteiger partial charge in [-0.1, -0.05) is 0 Å². The molecule has 0 spiro atoms. The van der Waals surface area contributed by atoms with Gasteiger partial charge in [0.2, 0.25) is 0 Å². The normalized spacial score (nSPS) is 13.2. The minimum Gasteiger partial charge on any atom is -0.460 e. The SMILES string of the molecule is CC(C)[N+](C)(C)CCOC(=O)CC[N+](C)(C)C(C)C. The van der Waals surface area contributed by atoms with E-state index in [9.17, 15) is 4.79 Å². The number of carbonyl (C=O) groups is 1. The molecule has 0 aliphatic rings. The first kappa shape index (κ1) is 18.4. The summed E-state index contributed by atoms with van der Waals surface area (Å²) in [6.45, 7) is 10.9. The Morgan fingerprint density at radius 1 is 0.895 bits per heavy atom. The Hall–Kier alpha value is -0.610. The van der Waals surface area contributed by atoms with Crippen LogP contribution in [0.1, 0.15) is 34.1 Å². The smallest absolute Gasteiger partial charge is 0.311 e. The number of hydrogen-bond acceptors (Lipinski definition) is 2. The van der Waals surface area contributed by atoms with E-state index in [2.05, 4.69) is 55.9 Å². The maximum absolute atomic E-state index is 11.7. The quantitative estimate of drug-likeness (QED) is 0.499. The Labute approximate surface area is 119 Å². The van der Waals surface area contributed by atoms with E-state index in [4.69, 9.17) is 4.74 Å². The lowest BCUT2D eigenvalue weighted by Crippen LogP contribution is -2.48. The van der Waals surface area contributed by atoms with Gasteiger partial charge in [-0.15, -0.1) is 0 Å². The predicted molar refractivity (Wildman–Crippen MR) is 79.8 cm³/mol. The summed E-state index contributed by atoms with van der Waals surface area (Å²) in [5.41, 5.74) is 0. The van der Waals surface area contributed by atoms with Gasteiger partial charge in [-0.2, -0.15) is 0 Å². The second-order valence-corrected chi connectivity index (χ2v) is 7.16. The topological polar surface area (TPSA) is 26.3 Å². The van der Waals surface area contributed by atoms with Crippen LogP contribution in [0.5, 0.6) is 0 Å². The first-order chi connectivity index (χ1) is 8.49. The molecule has 0 aromatic rings. The molecule has 0 unspecified atom stereocenters. The predicted octanol–water partition coefficient (Wildman–Crippen LogP) is 1.89. The van der Waals surface area contributed by atoms with Crippen LogP contribution < -0.4 is 0 Å². The molecule has 0 saturated heterocycles. The minimum atomic E-state index is -0.0735. The summed E-state index contributed by atoms with van der Waals surface area (Å²) < 4.78 is 7.06. The molecule has 0 fully saturated rings. The summed E-state index contributed by atoms with van der Waals surface area (Å²) in [5.74, 6) is -0.0735. The van der Waals surface area contributed by atoms with Gasteiger partial charge >= 0.3 is 5.97 Å². The Kier molecular flexibility index (Phi) is 7.01. The van der Waals surface area contributed by atoms with Crippen LogP contribution in [0.15, 0.2) is 0 Å². The van der Waals surface area contributed by atoms with Gasteiger partial charge in [0.25, 0.3) is 0 Å². The van der Waals surface area contributed by atoms with Crippen LogP contribution in [0.4, 0.5) is 0 Å². The monoisotopic (exact) mass is 274 g/mol. The van der Waals surface area contributed by atoms with E-state index in [0.29, 0.717) is 25.1 Å². The van der Waals surface area contributed by atoms with Gasteiger partial charge in [-0.3, -0.25) is 4.79 Å². The van der Waals surface area contributed by atoms with Gasteiger partial charge in [0.05, 0.1) is 53.2 Å². The summed E-state index contributed by atoms with van der Waals surface area (Å²) >= 11 is 0. The van der Waals surface area contributed by atoms with Crippen LogP contribution in [0.25, 0.3) is 0 Å². The van der Waals surface area contributed by atoms with Crippen molar-refractivity contribution in [1.82, 2.24) is 0 Å². The van der Waals surface area contributed by atoms with Gasteiger partial charge in [0.15, 0.2) is 0 Å². The molecule has 0 saturated carbocycles. The van der Waals surface area contributed by atoms with Crippen LogP contribution in [-0.2, 0) is 9.53 Å². The third kappa shape index (κ3) is 6.92. The standard InChI is InChI=1S/C15H34N2O2/c1-13(2)16(5,6)10-9-15(18)19-12-11-17(7,8)14(3)4/h13-14H,9-12H2,1-8H3/q+2. The lowest BCUT2D eigenvalue weighted by molar-refractivity contribution is -0.911. The fourth-order valence-corrected chi connectivity index (χ4v) is 1.36. The molecule has 4 heteroatoms. The molecule has 0 aromatic carbocycles. The van der Waals surface area contributed by atoms with Crippen LogP contribution in [0.2, 0.25) is 0 Å². The molecule has 4 nitrogen and oxygen atoms in total. The highest BCUT2D eigenvalue weighted by Gasteiger charge is 2.23. The van der Waals surface area contributed by atoms with Crippen molar-refractivity contribution in [3.63, 3.8) is 0 Å². The van der Waals surface area contributed by atoms with E-state index >= 15 is 0 Å². The highest BCUT2D eigenvalue weighted by molar-refractivity contribution is 5.69. The average Bonchev–Trinajstić information content (AvgIpc) is 2.25. The molecule has 0 atom stereocenters. The summed E-state index contributed by atoms with van der Waals surface area (Å²) in [6, 6.07) is 1.06. The van der Waals surface area contributed by atoms with Crippen molar-refractivity contribution in [3.05, 3.63) is 0 Å². The third-order valence-electron chi connectivity index (χ3n) is 4.62. The summed E-state index contributed by atoms with van der Waals surface area (Å²) in [6.07, 6.45) is 0.500. The molecule has 19 heavy (non-hydrogen) atoms. The van der Waals surface area contributed by atoms with Crippen molar-refractivity contribution in [2.75, 3.05) is 47.9 Å². The number of hydrogen-bond donors (Lipinski definition) is 0. The van der Waals surface area contributed by atoms with Crippen molar-refractivity contribution in [3.8, 4) is 0 Å². The maximum atomic E-state index is 11.7. The zero-order valence-electron chi connectivity index (χ0n) is 14.2. The molecule has 0 N–H and O–H groups in total. The van der Waals surface area contributed by atoms with Crippen molar-refractivity contribution in [2.45, 2.75) is 46.2 Å². The first-order valence-corrected chi connectivity index (χ1v) is 7.30. The molecule has 0 bridgehead atoms. The molecular weight excluding hydrogens is 240 g/mol. The van der Waals surface area contributed by atoms with Crippen LogP contribution in [0, 0.1) is 0 Å². The van der Waals surface area contributed by atoms with Gasteiger partial charge < -0.3 is 13.7 Å². The lowest BCUT2D eigenvalue weighted by atomic mass is 10.2. The second-order valence-electron chi connectivity index (χ2n) is 7.16. The lowest BCUT2D eigenvalue weighted by Gasteiger charge is -2.34. The fraction of sp³-hybridized carbons (Fsp3) is 0.933. The zero-order chi connectivity index (χ0) is 15.3. The molecule has 0 amide bonds. The molecule has 0 radical (unpaired) electrons. The van der Waals surface area contributed by atoms with Crippen LogP contribution >= 0.6 is 0 Å². The second kappa shape index (κ2) is 7.25. The Morgan fingerprint density at radius 3 is 1.74 bits per heavy atom. The maximum Gasteiger partial charge on any atom is 0.311 e. The number of likely N-dealkylation sites (N-methyl/N-ethyl adjacent to an activating group) is 1. The van der Waals surface area contributed by atoms with Gasteiger partial charge in [0, 0.05) is 0 Å². The Balaban J connectivity index is 3.96. The van der Waals surface area contributed by atoms with Crippen LogP contribution in [0.3, 0.4) is 0 Å². The number of rotatable bonds is 8. The van der Waals surface area contributed by atoms with Gasteiger partial charge in [-0.25, -0.2) is 0 Å². The van der Waals surface area contributed by atoms with Crippen LogP contribution in [-0.4, -0.2) is 74.9 Å². The molecule has 0 rings (SSSR count). The highest BCUT2D eigenvalue weighted by atomic mass is 16.5. The Morgan fingerprint density at radius 2 is 1.32 bits per heavy atom. The molecule has 0 aliphatic carbocycles. The first-order valence-electron chi connectivity index (χ1n) is 7.30. The minimum absolute atomic E-state index is 0.0735. The Bertz CT molecular complexity index is 284. The van der Waals surface area contributed by atoms with Crippen molar-refractivity contribution in [1.29, 1.82) is 0 Å². The van der Waals surface area contributed by atoms with Crippen molar-refractivity contribution in [2.24, 2.45) is 0 Å². The largest absolute Gasteiger partial charge is 0.460 e. The van der Waals surface area contributed by atoms with Crippen molar-refractivity contribution < 1.29 is 18.5 Å². The number of carbonyl (C=O) groups excluding carboxylic acids is 1. The summed E-state index contributed by atoms with van der Waals surface area (Å²) in [5, 5.41) is 0. The molecular formula is C15H34N2O2+2. The molecule has 0 aromatic heterocycles. The molecule has 0 heterocycles. The fourth-order valence-electron chi connectivity index (χ4n) is 1.36. The number of nitrogens with zero attached hydrogens (tertiary/aromatic N) is 2. The molecule has 114 valence electrons. The van der Waals surface area contributed by atoms with E-state index in [1.165, 1.54) is 0 Å². The van der Waals surface area contributed by atoms with Crippen molar-refractivity contribution >= 4 is 5.97 Å². The van der Waals surface area contributed by atoms with E-state index in [1.54, 1.807) is 0 Å². The summed E-state index contributed by atoms with van der Waals surface area (Å²) in [7, 11) is 8.63. The van der Waals surface area contributed by atoms with E-state index < -0.39 is 0 Å². The highest BCUT2D eigenvalue weighted by Crippen LogP contribution is 2.08. The van der Waals surface area contributed by atoms with Gasteiger partial charge in [0.1, 0.15) is 13.2 Å². The van der Waals surface area contributed by atoms with Gasteiger partial charge in [-0.05, 0) is 27.7 Å². The number of ether oxygens (including phenoxy) is 1. The average molecular weight is 274 g/mol. The molecule has 0 aliphatic heterocycles. The third-order valence-corrected chi connectivity index (χ3v) is 4.62. The number of esters is 1. The number of quaternary nitrogens is 2. The summed E-state index contributed by atoms with van der Waals surface area (Å²) in [4.78, 5) is 11.7.